The first kappa shape index (κ1) is 13.8. The molecule has 1 unspecified atom stereocenters. The molecule has 1 fully saturated rings. The third-order valence-electron chi connectivity index (χ3n) is 3.18. The molecule has 1 aromatic rings. The van der Waals surface area contributed by atoms with Crippen LogP contribution in [-0.4, -0.2) is 57.3 Å². The van der Waals surface area contributed by atoms with Crippen molar-refractivity contribution in [3.05, 3.63) is 29.8 Å². The summed E-state index contributed by atoms with van der Waals surface area (Å²) < 4.78 is 10.5. The Labute approximate surface area is 113 Å². The van der Waals surface area contributed by atoms with Crippen molar-refractivity contribution >= 4 is 5.91 Å². The highest BCUT2D eigenvalue weighted by atomic mass is 16.5. The number of carbonyl (C=O) groups excluding carboxylic acids is 1. The molecule has 104 valence electrons. The van der Waals surface area contributed by atoms with Crippen LogP contribution < -0.4 is 10.1 Å². The van der Waals surface area contributed by atoms with Gasteiger partial charge in [0.1, 0.15) is 5.75 Å². The molecule has 0 aliphatic carbocycles. The number of morpholine rings is 1. The minimum absolute atomic E-state index is 0.00928. The quantitative estimate of drug-likeness (QED) is 0.872. The van der Waals surface area contributed by atoms with E-state index >= 15 is 0 Å². The molecule has 0 bridgehead atoms. The number of rotatable bonds is 4. The lowest BCUT2D eigenvalue weighted by Gasteiger charge is -2.28. The topological polar surface area (TPSA) is 50.8 Å². The molecule has 0 spiro atoms. The van der Waals surface area contributed by atoms with Gasteiger partial charge in [-0.15, -0.1) is 0 Å². The highest BCUT2D eigenvalue weighted by Crippen LogP contribution is 2.12. The normalized spacial score (nSPS) is 18.9. The second-order valence-corrected chi connectivity index (χ2v) is 4.64. The van der Waals surface area contributed by atoms with Gasteiger partial charge in [0.2, 0.25) is 0 Å². The highest BCUT2D eigenvalue weighted by molar-refractivity contribution is 5.94. The van der Waals surface area contributed by atoms with Crippen molar-refractivity contribution in [3.8, 4) is 5.75 Å². The lowest BCUT2D eigenvalue weighted by atomic mass is 10.2. The molecule has 5 heteroatoms. The van der Waals surface area contributed by atoms with Crippen LogP contribution in [0.15, 0.2) is 24.3 Å². The number of nitrogens with one attached hydrogen (secondary N) is 1. The molecule has 1 aromatic carbocycles. The second kappa shape index (κ2) is 6.54. The van der Waals surface area contributed by atoms with E-state index in [1.807, 2.05) is 7.05 Å². The summed E-state index contributed by atoms with van der Waals surface area (Å²) in [5, 5.41) is 3.34. The van der Waals surface area contributed by atoms with Gasteiger partial charge in [0.15, 0.2) is 0 Å². The number of carbonyl (C=O) groups is 1. The number of nitrogens with zero attached hydrogens (tertiary/aromatic N) is 1. The third kappa shape index (κ3) is 3.68. The van der Waals surface area contributed by atoms with E-state index in [2.05, 4.69) is 5.32 Å². The molecular formula is C14H20N2O3. The maximum Gasteiger partial charge on any atom is 0.253 e. The van der Waals surface area contributed by atoms with E-state index in [4.69, 9.17) is 9.47 Å². The van der Waals surface area contributed by atoms with Gasteiger partial charge in [-0.3, -0.25) is 4.79 Å². The van der Waals surface area contributed by atoms with Gasteiger partial charge in [-0.25, -0.2) is 0 Å². The molecule has 1 N–H and O–H groups in total. The van der Waals surface area contributed by atoms with E-state index < -0.39 is 0 Å². The van der Waals surface area contributed by atoms with Gasteiger partial charge in [0.05, 0.1) is 20.3 Å². The van der Waals surface area contributed by atoms with Gasteiger partial charge < -0.3 is 19.7 Å². The molecular weight excluding hydrogens is 244 g/mol. The zero-order valence-electron chi connectivity index (χ0n) is 11.4. The fourth-order valence-electron chi connectivity index (χ4n) is 2.10. The average molecular weight is 264 g/mol. The van der Waals surface area contributed by atoms with Crippen LogP contribution in [0, 0.1) is 0 Å². The SMILES string of the molecule is COc1ccc(C(=O)N(C)CC2COCCN2)cc1. The van der Waals surface area contributed by atoms with Crippen LogP contribution >= 0.6 is 0 Å². The maximum atomic E-state index is 12.2. The van der Waals surface area contributed by atoms with E-state index in [9.17, 15) is 4.79 Å². The summed E-state index contributed by atoms with van der Waals surface area (Å²) in [6.45, 7) is 2.88. The zero-order valence-corrected chi connectivity index (χ0v) is 11.4. The summed E-state index contributed by atoms with van der Waals surface area (Å²) in [6.07, 6.45) is 0. The van der Waals surface area contributed by atoms with Gasteiger partial charge in [-0.2, -0.15) is 0 Å². The van der Waals surface area contributed by atoms with Gasteiger partial charge in [0, 0.05) is 31.7 Å². The number of hydrogen-bond acceptors (Lipinski definition) is 4. The predicted molar refractivity (Wildman–Crippen MR) is 72.6 cm³/mol. The summed E-state index contributed by atoms with van der Waals surface area (Å²) in [6, 6.07) is 7.36. The molecule has 0 radical (unpaired) electrons. The van der Waals surface area contributed by atoms with Crippen molar-refractivity contribution in [3.63, 3.8) is 0 Å². The van der Waals surface area contributed by atoms with Gasteiger partial charge in [-0.05, 0) is 24.3 Å². The first-order valence-electron chi connectivity index (χ1n) is 6.41. The molecule has 1 saturated heterocycles. The van der Waals surface area contributed by atoms with Crippen LogP contribution in [0.2, 0.25) is 0 Å². The minimum atomic E-state index is 0.00928. The van der Waals surface area contributed by atoms with E-state index in [0.717, 1.165) is 18.9 Å². The Balaban J connectivity index is 1.93. The number of ether oxygens (including phenoxy) is 2. The summed E-state index contributed by atoms with van der Waals surface area (Å²) in [4.78, 5) is 14.0. The smallest absolute Gasteiger partial charge is 0.253 e. The predicted octanol–water partition coefficient (Wildman–Crippen LogP) is 0.756. The van der Waals surface area contributed by atoms with Crippen molar-refractivity contribution in [1.29, 1.82) is 0 Å². The van der Waals surface area contributed by atoms with Crippen LogP contribution in [0.3, 0.4) is 0 Å². The minimum Gasteiger partial charge on any atom is -0.497 e. The molecule has 5 nitrogen and oxygen atoms in total. The number of likely N-dealkylation sites (N-methyl/N-ethyl adjacent to an activating group) is 1. The molecule has 0 saturated carbocycles. The Morgan fingerprint density at radius 2 is 2.21 bits per heavy atom. The largest absolute Gasteiger partial charge is 0.497 e. The summed E-state index contributed by atoms with van der Waals surface area (Å²) in [7, 11) is 3.42. The van der Waals surface area contributed by atoms with E-state index in [1.54, 1.807) is 36.3 Å². The van der Waals surface area contributed by atoms with Crippen molar-refractivity contribution in [2.45, 2.75) is 6.04 Å². The molecule has 19 heavy (non-hydrogen) atoms. The van der Waals surface area contributed by atoms with Crippen LogP contribution in [-0.2, 0) is 4.74 Å². The summed E-state index contributed by atoms with van der Waals surface area (Å²) in [5.41, 5.74) is 0.667. The van der Waals surface area contributed by atoms with E-state index in [1.165, 1.54) is 0 Å². The first-order valence-corrected chi connectivity index (χ1v) is 6.41. The monoisotopic (exact) mass is 264 g/mol. The Kier molecular flexibility index (Phi) is 4.76. The van der Waals surface area contributed by atoms with Crippen molar-refractivity contribution in [2.24, 2.45) is 0 Å². The van der Waals surface area contributed by atoms with Crippen LogP contribution in [0.25, 0.3) is 0 Å². The molecule has 0 aromatic heterocycles. The third-order valence-corrected chi connectivity index (χ3v) is 3.18. The zero-order chi connectivity index (χ0) is 13.7. The Hall–Kier alpha value is -1.59. The fraction of sp³-hybridized carbons (Fsp3) is 0.500. The van der Waals surface area contributed by atoms with Crippen LogP contribution in [0.1, 0.15) is 10.4 Å². The molecule has 1 aliphatic heterocycles. The van der Waals surface area contributed by atoms with E-state index in [-0.39, 0.29) is 11.9 Å². The van der Waals surface area contributed by atoms with Crippen LogP contribution in [0.4, 0.5) is 0 Å². The second-order valence-electron chi connectivity index (χ2n) is 4.64. The summed E-state index contributed by atoms with van der Waals surface area (Å²) in [5.74, 6) is 0.761. The van der Waals surface area contributed by atoms with Crippen molar-refractivity contribution in [1.82, 2.24) is 10.2 Å². The lowest BCUT2D eigenvalue weighted by Crippen LogP contribution is -2.48. The first-order chi connectivity index (χ1) is 9.20. The van der Waals surface area contributed by atoms with Crippen molar-refractivity contribution in [2.75, 3.05) is 40.5 Å². The number of methoxy groups -OCH3 is 1. The van der Waals surface area contributed by atoms with E-state index in [0.29, 0.717) is 18.7 Å². The number of amides is 1. The molecule has 1 heterocycles. The summed E-state index contributed by atoms with van der Waals surface area (Å²) >= 11 is 0. The maximum absolute atomic E-state index is 12.2. The Bertz CT molecular complexity index is 413. The average Bonchev–Trinajstić information content (AvgIpc) is 2.47. The van der Waals surface area contributed by atoms with Gasteiger partial charge >= 0.3 is 0 Å². The molecule has 1 atom stereocenters. The Morgan fingerprint density at radius 1 is 1.47 bits per heavy atom. The van der Waals surface area contributed by atoms with Gasteiger partial charge in [0.25, 0.3) is 5.91 Å². The standard InChI is InChI=1S/C14H20N2O3/c1-16(9-12-10-19-8-7-15-12)14(17)11-3-5-13(18-2)6-4-11/h3-6,12,15H,7-10H2,1-2H3. The van der Waals surface area contributed by atoms with Crippen molar-refractivity contribution < 1.29 is 14.3 Å². The van der Waals surface area contributed by atoms with Crippen LogP contribution in [0.5, 0.6) is 5.75 Å². The number of hydrogen-bond donors (Lipinski definition) is 1. The lowest BCUT2D eigenvalue weighted by molar-refractivity contribution is 0.0565. The Morgan fingerprint density at radius 3 is 2.79 bits per heavy atom. The highest BCUT2D eigenvalue weighted by Gasteiger charge is 2.19. The molecule has 2 rings (SSSR count). The molecule has 1 amide bonds. The fourth-order valence-corrected chi connectivity index (χ4v) is 2.10. The molecule has 1 aliphatic rings. The van der Waals surface area contributed by atoms with Gasteiger partial charge in [-0.1, -0.05) is 0 Å². The number of benzene rings is 1.